The molecule has 0 amide bonds. The molecule has 2 nitrogen and oxygen atoms in total. The Hall–Kier alpha value is -2.95. The summed E-state index contributed by atoms with van der Waals surface area (Å²) in [4.78, 5) is 0. The largest absolute Gasteiger partial charge is 0.494 e. The molecule has 3 aromatic carbocycles. The van der Waals surface area contributed by atoms with Crippen LogP contribution in [0.4, 0.5) is 13.2 Å². The summed E-state index contributed by atoms with van der Waals surface area (Å²) in [5.74, 6) is 0.901. The number of rotatable bonds is 11. The molecule has 1 atom stereocenters. The van der Waals surface area contributed by atoms with Gasteiger partial charge in [-0.2, -0.15) is 0 Å². The molecule has 32 heavy (non-hydrogen) atoms. The van der Waals surface area contributed by atoms with Gasteiger partial charge in [-0.3, -0.25) is 0 Å². The third kappa shape index (κ3) is 6.06. The smallest absolute Gasteiger partial charge is 0.247 e. The second kappa shape index (κ2) is 11.1. The van der Waals surface area contributed by atoms with Crippen molar-refractivity contribution in [2.24, 2.45) is 0 Å². The van der Waals surface area contributed by atoms with Crippen molar-refractivity contribution in [3.63, 3.8) is 0 Å². The molecule has 3 aromatic rings. The standard InChI is InChI=1S/C27H29F3O2/c1-3-18-31-22-14-12-21(13-15-22)27(2,26(29)30)17-7-8-20-11-16-24(28)25(19-20)32-23-9-5-4-6-10-23/h4-6,9-16,19,26H,3,7-8,17-18H2,1-2H3. The van der Waals surface area contributed by atoms with E-state index in [1.807, 2.05) is 25.1 Å². The SMILES string of the molecule is CCCOc1ccc(C(C)(CCCc2ccc(F)c(Oc3ccccc3)c2)C(F)F)cc1. The molecule has 0 radical (unpaired) electrons. The molecule has 0 spiro atoms. The van der Waals surface area contributed by atoms with E-state index in [2.05, 4.69) is 0 Å². The molecule has 0 aromatic heterocycles. The van der Waals surface area contributed by atoms with E-state index in [0.29, 0.717) is 42.9 Å². The first-order valence-corrected chi connectivity index (χ1v) is 10.9. The quantitative estimate of drug-likeness (QED) is 0.300. The van der Waals surface area contributed by atoms with Crippen LogP contribution >= 0.6 is 0 Å². The highest BCUT2D eigenvalue weighted by molar-refractivity contribution is 5.36. The van der Waals surface area contributed by atoms with Crippen LogP contribution < -0.4 is 9.47 Å². The Morgan fingerprint density at radius 3 is 2.28 bits per heavy atom. The molecule has 5 heteroatoms. The zero-order chi connectivity index (χ0) is 23.0. The third-order valence-electron chi connectivity index (χ3n) is 5.60. The number of alkyl halides is 2. The van der Waals surface area contributed by atoms with Crippen molar-refractivity contribution in [3.8, 4) is 17.2 Å². The predicted molar refractivity (Wildman–Crippen MR) is 121 cm³/mol. The molecular weight excluding hydrogens is 413 g/mol. The minimum atomic E-state index is -2.50. The average molecular weight is 443 g/mol. The van der Waals surface area contributed by atoms with Crippen LogP contribution in [0.5, 0.6) is 17.2 Å². The second-order valence-electron chi connectivity index (χ2n) is 8.12. The molecule has 0 saturated heterocycles. The number of benzene rings is 3. The highest BCUT2D eigenvalue weighted by Gasteiger charge is 2.36. The van der Waals surface area contributed by atoms with Crippen LogP contribution in [-0.4, -0.2) is 13.0 Å². The van der Waals surface area contributed by atoms with Crippen LogP contribution in [0, 0.1) is 5.82 Å². The van der Waals surface area contributed by atoms with Crippen LogP contribution in [0.15, 0.2) is 72.8 Å². The van der Waals surface area contributed by atoms with Crippen LogP contribution in [0.25, 0.3) is 0 Å². The first-order valence-electron chi connectivity index (χ1n) is 10.9. The van der Waals surface area contributed by atoms with Gasteiger partial charge in [-0.05, 0) is 73.2 Å². The van der Waals surface area contributed by atoms with Crippen molar-refractivity contribution in [1.82, 2.24) is 0 Å². The number of aryl methyl sites for hydroxylation is 1. The van der Waals surface area contributed by atoms with Gasteiger partial charge in [-0.1, -0.05) is 50.2 Å². The Balaban J connectivity index is 1.66. The fourth-order valence-electron chi connectivity index (χ4n) is 3.59. The zero-order valence-corrected chi connectivity index (χ0v) is 18.5. The van der Waals surface area contributed by atoms with Gasteiger partial charge >= 0.3 is 0 Å². The average Bonchev–Trinajstić information content (AvgIpc) is 2.80. The Labute approximate surface area is 188 Å². The second-order valence-corrected chi connectivity index (χ2v) is 8.12. The molecule has 170 valence electrons. The maximum Gasteiger partial charge on any atom is 0.247 e. The highest BCUT2D eigenvalue weighted by atomic mass is 19.3. The molecule has 0 saturated carbocycles. The lowest BCUT2D eigenvalue weighted by Crippen LogP contribution is -2.31. The highest BCUT2D eigenvalue weighted by Crippen LogP contribution is 2.37. The van der Waals surface area contributed by atoms with E-state index in [9.17, 15) is 13.2 Å². The number of hydrogen-bond donors (Lipinski definition) is 0. The number of hydrogen-bond acceptors (Lipinski definition) is 2. The van der Waals surface area contributed by atoms with Crippen LogP contribution in [-0.2, 0) is 11.8 Å². The molecule has 0 aliphatic carbocycles. The molecule has 0 heterocycles. The van der Waals surface area contributed by atoms with E-state index >= 15 is 0 Å². The minimum Gasteiger partial charge on any atom is -0.494 e. The summed E-state index contributed by atoms with van der Waals surface area (Å²) in [6.45, 7) is 4.20. The first kappa shape index (κ1) is 23.7. The van der Waals surface area contributed by atoms with Gasteiger partial charge in [0.05, 0.1) is 12.0 Å². The van der Waals surface area contributed by atoms with E-state index in [-0.39, 0.29) is 5.75 Å². The number of halogens is 3. The minimum absolute atomic E-state index is 0.132. The van der Waals surface area contributed by atoms with E-state index in [4.69, 9.17) is 9.47 Å². The summed E-state index contributed by atoms with van der Waals surface area (Å²) < 4.78 is 53.5. The van der Waals surface area contributed by atoms with Gasteiger partial charge in [0.2, 0.25) is 6.43 Å². The lowest BCUT2D eigenvalue weighted by atomic mass is 9.78. The molecule has 0 fully saturated rings. The van der Waals surface area contributed by atoms with E-state index in [1.54, 1.807) is 55.5 Å². The Morgan fingerprint density at radius 1 is 0.906 bits per heavy atom. The van der Waals surface area contributed by atoms with Gasteiger partial charge in [0.1, 0.15) is 11.5 Å². The Kier molecular flexibility index (Phi) is 8.20. The number of ether oxygens (including phenoxy) is 2. The molecule has 3 rings (SSSR count). The number of para-hydroxylation sites is 1. The fourth-order valence-corrected chi connectivity index (χ4v) is 3.59. The first-order chi connectivity index (χ1) is 15.4. The topological polar surface area (TPSA) is 18.5 Å². The van der Waals surface area contributed by atoms with Crippen molar-refractivity contribution in [2.45, 2.75) is 51.4 Å². The lowest BCUT2D eigenvalue weighted by Gasteiger charge is -2.29. The summed E-state index contributed by atoms with van der Waals surface area (Å²) in [6.07, 6.45) is -0.240. The summed E-state index contributed by atoms with van der Waals surface area (Å²) >= 11 is 0. The van der Waals surface area contributed by atoms with Crippen molar-refractivity contribution in [2.75, 3.05) is 6.61 Å². The van der Waals surface area contributed by atoms with Gasteiger partial charge in [-0.25, -0.2) is 13.2 Å². The van der Waals surface area contributed by atoms with Crippen molar-refractivity contribution >= 4 is 0 Å². The maximum absolute atomic E-state index is 14.2. The summed E-state index contributed by atoms with van der Waals surface area (Å²) in [7, 11) is 0. The van der Waals surface area contributed by atoms with Gasteiger partial charge in [0.25, 0.3) is 0 Å². The van der Waals surface area contributed by atoms with Crippen LogP contribution in [0.3, 0.4) is 0 Å². The zero-order valence-electron chi connectivity index (χ0n) is 18.5. The maximum atomic E-state index is 14.2. The van der Waals surface area contributed by atoms with Crippen molar-refractivity contribution < 1.29 is 22.6 Å². The van der Waals surface area contributed by atoms with Gasteiger partial charge in [0.15, 0.2) is 11.6 Å². The third-order valence-corrected chi connectivity index (χ3v) is 5.60. The molecule has 0 bridgehead atoms. The summed E-state index contributed by atoms with van der Waals surface area (Å²) in [5, 5.41) is 0. The van der Waals surface area contributed by atoms with Crippen LogP contribution in [0.1, 0.15) is 44.2 Å². The summed E-state index contributed by atoms with van der Waals surface area (Å²) in [5.41, 5.74) is 0.160. The van der Waals surface area contributed by atoms with Crippen molar-refractivity contribution in [3.05, 3.63) is 89.7 Å². The molecule has 0 N–H and O–H groups in total. The lowest BCUT2D eigenvalue weighted by molar-refractivity contribution is 0.0526. The Morgan fingerprint density at radius 2 is 1.62 bits per heavy atom. The van der Waals surface area contributed by atoms with Gasteiger partial charge in [0, 0.05) is 0 Å². The molecule has 1 unspecified atom stereocenters. The molecule has 0 aliphatic rings. The van der Waals surface area contributed by atoms with E-state index in [1.165, 1.54) is 6.07 Å². The van der Waals surface area contributed by atoms with Gasteiger partial charge < -0.3 is 9.47 Å². The van der Waals surface area contributed by atoms with Gasteiger partial charge in [-0.15, -0.1) is 0 Å². The monoisotopic (exact) mass is 442 g/mol. The van der Waals surface area contributed by atoms with Crippen molar-refractivity contribution in [1.29, 1.82) is 0 Å². The van der Waals surface area contributed by atoms with E-state index < -0.39 is 17.7 Å². The molecule has 0 aliphatic heterocycles. The normalized spacial score (nSPS) is 13.1. The molecular formula is C27H29F3O2. The van der Waals surface area contributed by atoms with Crippen LogP contribution in [0.2, 0.25) is 0 Å². The predicted octanol–water partition coefficient (Wildman–Crippen LogP) is 7.95. The fraction of sp³-hybridized carbons (Fsp3) is 0.333. The Bertz CT molecular complexity index is 974. The van der Waals surface area contributed by atoms with E-state index in [0.717, 1.165) is 12.0 Å². The summed E-state index contributed by atoms with van der Waals surface area (Å²) in [6, 6.07) is 20.6.